The molecule has 44 heavy (non-hydrogen) atoms. The number of benzene rings is 4. The second-order valence-corrected chi connectivity index (χ2v) is 9.76. The maximum Gasteiger partial charge on any atom is 0.336 e. The molecule has 0 saturated heterocycles. The van der Waals surface area contributed by atoms with Gasteiger partial charge < -0.3 is 24.3 Å². The number of ether oxygens (including phenoxy) is 4. The molecular weight excluding hydrogens is 580 g/mol. The predicted molar refractivity (Wildman–Crippen MR) is 168 cm³/mol. The first-order chi connectivity index (χ1) is 21.4. The third-order valence-corrected chi connectivity index (χ3v) is 6.53. The van der Waals surface area contributed by atoms with Crippen molar-refractivity contribution in [3.05, 3.63) is 130 Å². The van der Waals surface area contributed by atoms with Crippen LogP contribution in [-0.4, -0.2) is 26.1 Å². The van der Waals surface area contributed by atoms with Gasteiger partial charge in [0.25, 0.3) is 5.91 Å². The minimum atomic E-state index is -0.633. The van der Waals surface area contributed by atoms with Crippen LogP contribution >= 0.6 is 11.6 Å². The summed E-state index contributed by atoms with van der Waals surface area (Å²) in [5.41, 5.74) is 3.01. The maximum atomic E-state index is 12.6. The normalized spacial score (nSPS) is 11.0. The van der Waals surface area contributed by atoms with Crippen molar-refractivity contribution >= 4 is 35.6 Å². The largest absolute Gasteiger partial charge is 0.493 e. The quantitative estimate of drug-likeness (QED) is 0.0818. The van der Waals surface area contributed by atoms with Crippen molar-refractivity contribution in [2.24, 2.45) is 0 Å². The summed E-state index contributed by atoms with van der Waals surface area (Å²) < 4.78 is 22.2. The van der Waals surface area contributed by atoms with Crippen LogP contribution in [0, 0.1) is 11.3 Å². The maximum absolute atomic E-state index is 12.6. The molecule has 1 amide bonds. The van der Waals surface area contributed by atoms with E-state index in [4.69, 9.17) is 30.5 Å². The van der Waals surface area contributed by atoms with Crippen molar-refractivity contribution in [2.45, 2.75) is 13.2 Å². The zero-order valence-corrected chi connectivity index (χ0v) is 24.8. The van der Waals surface area contributed by atoms with Crippen molar-refractivity contribution in [3.8, 4) is 29.1 Å². The molecule has 0 heterocycles. The zero-order valence-electron chi connectivity index (χ0n) is 24.1. The summed E-state index contributed by atoms with van der Waals surface area (Å²) in [4.78, 5) is 25.1. The molecule has 0 radical (unpaired) electrons. The molecule has 222 valence electrons. The zero-order chi connectivity index (χ0) is 31.3. The van der Waals surface area contributed by atoms with Gasteiger partial charge in [-0.15, -0.1) is 0 Å². The van der Waals surface area contributed by atoms with E-state index in [1.165, 1.54) is 32.4 Å². The van der Waals surface area contributed by atoms with Gasteiger partial charge in [-0.2, -0.15) is 5.26 Å². The first-order valence-electron chi connectivity index (χ1n) is 13.5. The monoisotopic (exact) mass is 608 g/mol. The first kappa shape index (κ1) is 31.4. The van der Waals surface area contributed by atoms with E-state index in [0.717, 1.165) is 11.1 Å². The Morgan fingerprint density at radius 3 is 2.18 bits per heavy atom. The van der Waals surface area contributed by atoms with Crippen LogP contribution in [0.15, 0.2) is 103 Å². The number of esters is 1. The second kappa shape index (κ2) is 15.6. The van der Waals surface area contributed by atoms with Gasteiger partial charge in [-0.25, -0.2) is 4.79 Å². The van der Waals surface area contributed by atoms with Crippen molar-refractivity contribution in [2.75, 3.05) is 14.2 Å². The molecule has 8 nitrogen and oxygen atoms in total. The Bertz CT molecular complexity index is 1710. The molecule has 0 unspecified atom stereocenters. The van der Waals surface area contributed by atoms with Gasteiger partial charge in [-0.3, -0.25) is 4.79 Å². The van der Waals surface area contributed by atoms with Crippen LogP contribution in [-0.2, 0) is 22.7 Å². The molecule has 0 spiro atoms. The van der Waals surface area contributed by atoms with Gasteiger partial charge in [0, 0.05) is 17.6 Å². The van der Waals surface area contributed by atoms with E-state index in [1.807, 2.05) is 48.5 Å². The molecule has 0 aromatic heterocycles. The minimum Gasteiger partial charge on any atom is -0.493 e. The van der Waals surface area contributed by atoms with Crippen LogP contribution < -0.4 is 24.3 Å². The highest BCUT2D eigenvalue weighted by molar-refractivity contribution is 6.30. The standard InChI is InChI=1S/C35H29ClN2O6/c1-41-32-19-24(10-15-30(32)43-23-26-8-13-29(36)14-9-26)12-17-34(39)44-31-16-11-27(20-33(31)42-2)18-28(21-37)35(40)38-22-25-6-4-3-5-7-25/h3-20H,22-23H2,1-2H3,(H,38,40)/b17-12+,28-18+. The number of nitrogens with zero attached hydrogens (tertiary/aromatic N) is 1. The highest BCUT2D eigenvalue weighted by Crippen LogP contribution is 2.31. The van der Waals surface area contributed by atoms with E-state index in [-0.39, 0.29) is 17.1 Å². The summed E-state index contributed by atoms with van der Waals surface area (Å²) in [6, 6.07) is 28.7. The number of amides is 1. The molecule has 9 heteroatoms. The molecule has 0 aliphatic heterocycles. The highest BCUT2D eigenvalue weighted by Gasteiger charge is 2.13. The Labute approximate surface area is 260 Å². The Kier molecular flexibility index (Phi) is 11.2. The summed E-state index contributed by atoms with van der Waals surface area (Å²) in [6.45, 7) is 0.629. The highest BCUT2D eigenvalue weighted by atomic mass is 35.5. The Morgan fingerprint density at radius 1 is 0.818 bits per heavy atom. The average molecular weight is 609 g/mol. The van der Waals surface area contributed by atoms with Gasteiger partial charge >= 0.3 is 5.97 Å². The lowest BCUT2D eigenvalue weighted by Crippen LogP contribution is -2.23. The number of rotatable bonds is 12. The van der Waals surface area contributed by atoms with Crippen molar-refractivity contribution < 1.29 is 28.5 Å². The van der Waals surface area contributed by atoms with Gasteiger partial charge in [-0.05, 0) is 70.8 Å². The van der Waals surface area contributed by atoms with Gasteiger partial charge in [0.2, 0.25) is 0 Å². The molecular formula is C35H29ClN2O6. The number of hydrogen-bond donors (Lipinski definition) is 1. The van der Waals surface area contributed by atoms with Gasteiger partial charge in [0.05, 0.1) is 14.2 Å². The summed E-state index contributed by atoms with van der Waals surface area (Å²) >= 11 is 5.94. The van der Waals surface area contributed by atoms with Gasteiger partial charge in [0.1, 0.15) is 18.2 Å². The van der Waals surface area contributed by atoms with Crippen molar-refractivity contribution in [1.29, 1.82) is 5.26 Å². The Morgan fingerprint density at radius 2 is 1.48 bits per heavy atom. The van der Waals surface area contributed by atoms with Crippen LogP contribution in [0.25, 0.3) is 12.2 Å². The van der Waals surface area contributed by atoms with Gasteiger partial charge in [-0.1, -0.05) is 66.2 Å². The second-order valence-electron chi connectivity index (χ2n) is 9.33. The molecule has 4 aromatic rings. The average Bonchev–Trinajstić information content (AvgIpc) is 3.06. The third-order valence-electron chi connectivity index (χ3n) is 6.28. The Hall–Kier alpha value is -5.52. The molecule has 0 fully saturated rings. The number of carbonyl (C=O) groups is 2. The topological polar surface area (TPSA) is 107 Å². The number of halogens is 1. The molecule has 1 N–H and O–H groups in total. The molecule has 0 saturated carbocycles. The molecule has 0 atom stereocenters. The van der Waals surface area contributed by atoms with E-state index in [1.54, 1.807) is 48.5 Å². The van der Waals surface area contributed by atoms with Crippen LogP contribution in [0.4, 0.5) is 0 Å². The number of nitrogens with one attached hydrogen (secondary N) is 1. The molecule has 4 rings (SSSR count). The minimum absolute atomic E-state index is 0.0764. The summed E-state index contributed by atoms with van der Waals surface area (Å²) in [6.07, 6.45) is 4.30. The number of hydrogen-bond acceptors (Lipinski definition) is 7. The van der Waals surface area contributed by atoms with E-state index in [0.29, 0.717) is 40.8 Å². The lowest BCUT2D eigenvalue weighted by molar-refractivity contribution is -0.129. The van der Waals surface area contributed by atoms with E-state index in [2.05, 4.69) is 5.32 Å². The van der Waals surface area contributed by atoms with Crippen LogP contribution in [0.2, 0.25) is 5.02 Å². The molecule has 4 aromatic carbocycles. The van der Waals surface area contributed by atoms with Gasteiger partial charge in [0.15, 0.2) is 23.0 Å². The lowest BCUT2D eigenvalue weighted by Gasteiger charge is -2.11. The van der Waals surface area contributed by atoms with E-state index < -0.39 is 11.9 Å². The van der Waals surface area contributed by atoms with Crippen molar-refractivity contribution in [1.82, 2.24) is 5.32 Å². The summed E-state index contributed by atoms with van der Waals surface area (Å²) in [5.74, 6) is 0.348. The van der Waals surface area contributed by atoms with Crippen LogP contribution in [0.1, 0.15) is 22.3 Å². The van der Waals surface area contributed by atoms with Crippen molar-refractivity contribution in [3.63, 3.8) is 0 Å². The summed E-state index contributed by atoms with van der Waals surface area (Å²) in [7, 11) is 2.96. The fraction of sp³-hybridized carbons (Fsp3) is 0.114. The van der Waals surface area contributed by atoms with Crippen LogP contribution in [0.3, 0.4) is 0 Å². The van der Waals surface area contributed by atoms with Crippen LogP contribution in [0.5, 0.6) is 23.0 Å². The molecule has 0 bridgehead atoms. The smallest absolute Gasteiger partial charge is 0.336 e. The number of nitriles is 1. The number of methoxy groups -OCH3 is 2. The Balaban J connectivity index is 1.38. The molecule has 0 aliphatic carbocycles. The molecule has 0 aliphatic rings. The SMILES string of the molecule is COc1cc(/C=C/C(=O)Oc2ccc(/C=C(\C#N)C(=O)NCc3ccccc3)cc2OC)ccc1OCc1ccc(Cl)cc1. The fourth-order valence-corrected chi connectivity index (χ4v) is 4.13. The first-order valence-corrected chi connectivity index (χ1v) is 13.8. The number of carbonyl (C=O) groups excluding carboxylic acids is 2. The lowest BCUT2D eigenvalue weighted by atomic mass is 10.1. The summed E-state index contributed by atoms with van der Waals surface area (Å²) in [5, 5.41) is 12.9. The third kappa shape index (κ3) is 8.99. The van der Waals surface area contributed by atoms with E-state index in [9.17, 15) is 14.9 Å². The fourth-order valence-electron chi connectivity index (χ4n) is 4.00. The van der Waals surface area contributed by atoms with E-state index >= 15 is 0 Å². The predicted octanol–water partition coefficient (Wildman–Crippen LogP) is 6.78.